The van der Waals surface area contributed by atoms with Crippen molar-refractivity contribution in [3.63, 3.8) is 0 Å². The number of hydrogen-bond acceptors (Lipinski definition) is 2. The molecule has 0 saturated carbocycles. The smallest absolute Gasteiger partial charge is 0.0618 e. The first-order valence-corrected chi connectivity index (χ1v) is 6.32. The van der Waals surface area contributed by atoms with Gasteiger partial charge in [0.25, 0.3) is 0 Å². The minimum Gasteiger partial charge on any atom is -0.371 e. The zero-order valence-electron chi connectivity index (χ0n) is 8.91. The van der Waals surface area contributed by atoms with Crippen LogP contribution in [0.15, 0.2) is 22.7 Å². The normalized spacial score (nSPS) is 24.0. The maximum Gasteiger partial charge on any atom is 0.0618 e. The fourth-order valence-corrected chi connectivity index (χ4v) is 3.16. The number of hydrogen-bond donors (Lipinski definition) is 0. The second kappa shape index (κ2) is 3.41. The van der Waals surface area contributed by atoms with Crippen molar-refractivity contribution >= 4 is 27.3 Å². The van der Waals surface area contributed by atoms with Crippen molar-refractivity contribution in [3.05, 3.63) is 22.7 Å². The Bertz CT molecular complexity index is 391. The Hall–Kier alpha value is -0.700. The molecule has 2 aliphatic heterocycles. The van der Waals surface area contributed by atoms with Gasteiger partial charge in [0, 0.05) is 30.7 Å². The van der Waals surface area contributed by atoms with E-state index in [1.54, 1.807) is 0 Å². The molecule has 0 spiro atoms. The Labute approximate surface area is 99.0 Å². The van der Waals surface area contributed by atoms with Crippen LogP contribution in [-0.2, 0) is 0 Å². The van der Waals surface area contributed by atoms with Crippen molar-refractivity contribution in [1.82, 2.24) is 0 Å². The summed E-state index contributed by atoms with van der Waals surface area (Å²) in [6.45, 7) is 2.40. The van der Waals surface area contributed by atoms with Crippen LogP contribution in [0.1, 0.15) is 12.8 Å². The molecule has 1 aromatic carbocycles. The Morgan fingerprint density at radius 3 is 3.07 bits per heavy atom. The molecule has 2 aliphatic rings. The van der Waals surface area contributed by atoms with Gasteiger partial charge in [-0.1, -0.05) is 15.9 Å². The standard InChI is InChI=1S/C12H15BrN2/c1-14-8-10-3-2-6-15(10)12-7-9(13)4-5-11(12)14/h4-5,7,10H,2-3,6,8H2,1H3. The van der Waals surface area contributed by atoms with Crippen molar-refractivity contribution in [3.8, 4) is 0 Å². The second-order valence-corrected chi connectivity index (χ2v) is 5.42. The van der Waals surface area contributed by atoms with Crippen LogP contribution in [-0.4, -0.2) is 26.2 Å². The quantitative estimate of drug-likeness (QED) is 0.713. The van der Waals surface area contributed by atoms with Gasteiger partial charge >= 0.3 is 0 Å². The van der Waals surface area contributed by atoms with Gasteiger partial charge in [0.1, 0.15) is 0 Å². The van der Waals surface area contributed by atoms with Crippen LogP contribution >= 0.6 is 15.9 Å². The average molecular weight is 267 g/mol. The van der Waals surface area contributed by atoms with Crippen molar-refractivity contribution in [1.29, 1.82) is 0 Å². The van der Waals surface area contributed by atoms with Gasteiger partial charge in [0.15, 0.2) is 0 Å². The topological polar surface area (TPSA) is 6.48 Å². The molecule has 1 aromatic rings. The van der Waals surface area contributed by atoms with Crippen LogP contribution in [0.4, 0.5) is 11.4 Å². The zero-order chi connectivity index (χ0) is 10.4. The highest BCUT2D eigenvalue weighted by molar-refractivity contribution is 9.10. The number of rotatable bonds is 0. The van der Waals surface area contributed by atoms with Gasteiger partial charge in [-0.2, -0.15) is 0 Å². The first kappa shape index (κ1) is 9.52. The summed E-state index contributed by atoms with van der Waals surface area (Å²) in [5.41, 5.74) is 2.77. The lowest BCUT2D eigenvalue weighted by Gasteiger charge is -2.39. The minimum absolute atomic E-state index is 0.733. The van der Waals surface area contributed by atoms with E-state index < -0.39 is 0 Å². The summed E-state index contributed by atoms with van der Waals surface area (Å²) in [6, 6.07) is 7.33. The van der Waals surface area contributed by atoms with Crippen LogP contribution in [0.25, 0.3) is 0 Å². The molecule has 0 aliphatic carbocycles. The lowest BCUT2D eigenvalue weighted by molar-refractivity contribution is 0.634. The number of benzene rings is 1. The molecule has 2 heterocycles. The molecule has 0 radical (unpaired) electrons. The third-order valence-corrected chi connectivity index (χ3v) is 4.01. The molecule has 3 heteroatoms. The number of likely N-dealkylation sites (N-methyl/N-ethyl adjacent to an activating group) is 1. The molecule has 1 fully saturated rings. The van der Waals surface area contributed by atoms with Gasteiger partial charge in [-0.25, -0.2) is 0 Å². The molecule has 2 nitrogen and oxygen atoms in total. The Morgan fingerprint density at radius 1 is 1.33 bits per heavy atom. The number of anilines is 2. The number of nitrogens with zero attached hydrogens (tertiary/aromatic N) is 2. The van der Waals surface area contributed by atoms with Crippen molar-refractivity contribution in [2.24, 2.45) is 0 Å². The highest BCUT2D eigenvalue weighted by Gasteiger charge is 2.32. The second-order valence-electron chi connectivity index (χ2n) is 4.50. The van der Waals surface area contributed by atoms with E-state index >= 15 is 0 Å². The van der Waals surface area contributed by atoms with Crippen molar-refractivity contribution in [2.75, 3.05) is 29.9 Å². The molecule has 3 rings (SSSR count). The predicted molar refractivity (Wildman–Crippen MR) is 67.8 cm³/mol. The highest BCUT2D eigenvalue weighted by atomic mass is 79.9. The lowest BCUT2D eigenvalue weighted by Crippen LogP contribution is -2.44. The summed E-state index contributed by atoms with van der Waals surface area (Å²) in [4.78, 5) is 4.95. The maximum atomic E-state index is 3.56. The van der Waals surface area contributed by atoms with E-state index in [1.807, 2.05) is 0 Å². The summed E-state index contributed by atoms with van der Waals surface area (Å²) < 4.78 is 1.18. The molecule has 0 N–H and O–H groups in total. The number of halogens is 1. The van der Waals surface area contributed by atoms with E-state index in [0.717, 1.165) is 6.04 Å². The van der Waals surface area contributed by atoms with E-state index in [9.17, 15) is 0 Å². The predicted octanol–water partition coefficient (Wildman–Crippen LogP) is 2.87. The van der Waals surface area contributed by atoms with E-state index in [4.69, 9.17) is 0 Å². The summed E-state index contributed by atoms with van der Waals surface area (Å²) in [6.07, 6.45) is 2.68. The number of fused-ring (bicyclic) bond motifs is 3. The van der Waals surface area contributed by atoms with Gasteiger partial charge in [0.05, 0.1) is 11.4 Å². The van der Waals surface area contributed by atoms with Crippen LogP contribution in [0, 0.1) is 0 Å². The fourth-order valence-electron chi connectivity index (χ4n) is 2.81. The lowest BCUT2D eigenvalue weighted by atomic mass is 10.1. The van der Waals surface area contributed by atoms with Gasteiger partial charge in [0.2, 0.25) is 0 Å². The molecule has 1 unspecified atom stereocenters. The van der Waals surface area contributed by atoms with Crippen LogP contribution in [0.5, 0.6) is 0 Å². The summed E-state index contributed by atoms with van der Waals surface area (Å²) in [7, 11) is 2.20. The minimum atomic E-state index is 0.733. The van der Waals surface area contributed by atoms with Crippen molar-refractivity contribution in [2.45, 2.75) is 18.9 Å². The zero-order valence-corrected chi connectivity index (χ0v) is 10.5. The highest BCUT2D eigenvalue weighted by Crippen LogP contribution is 2.39. The molecule has 80 valence electrons. The average Bonchev–Trinajstić information content (AvgIpc) is 2.65. The Kier molecular flexibility index (Phi) is 2.16. The van der Waals surface area contributed by atoms with Gasteiger partial charge in [-0.15, -0.1) is 0 Å². The first-order chi connectivity index (χ1) is 7.25. The molecular formula is C12H15BrN2. The SMILES string of the molecule is CN1CC2CCCN2c2cc(Br)ccc21. The van der Waals surface area contributed by atoms with Crippen LogP contribution in [0.2, 0.25) is 0 Å². The Morgan fingerprint density at radius 2 is 2.20 bits per heavy atom. The molecule has 1 saturated heterocycles. The third-order valence-electron chi connectivity index (χ3n) is 3.52. The van der Waals surface area contributed by atoms with E-state index in [0.29, 0.717) is 0 Å². The van der Waals surface area contributed by atoms with E-state index in [-0.39, 0.29) is 0 Å². The van der Waals surface area contributed by atoms with Gasteiger partial charge < -0.3 is 9.80 Å². The Balaban J connectivity index is 2.11. The van der Waals surface area contributed by atoms with Crippen LogP contribution < -0.4 is 9.80 Å². The van der Waals surface area contributed by atoms with Gasteiger partial charge in [-0.05, 0) is 31.0 Å². The molecule has 0 amide bonds. The van der Waals surface area contributed by atoms with Crippen LogP contribution in [0.3, 0.4) is 0 Å². The molecule has 0 aromatic heterocycles. The van der Waals surface area contributed by atoms with E-state index in [1.165, 1.54) is 41.8 Å². The third kappa shape index (κ3) is 1.44. The molecular weight excluding hydrogens is 252 g/mol. The molecule has 1 atom stereocenters. The monoisotopic (exact) mass is 266 g/mol. The fraction of sp³-hybridized carbons (Fsp3) is 0.500. The summed E-state index contributed by atoms with van der Waals surface area (Å²) >= 11 is 3.56. The van der Waals surface area contributed by atoms with E-state index in [2.05, 4.69) is 51.0 Å². The molecule has 15 heavy (non-hydrogen) atoms. The summed E-state index contributed by atoms with van der Waals surface area (Å²) in [5.74, 6) is 0. The van der Waals surface area contributed by atoms with Gasteiger partial charge in [-0.3, -0.25) is 0 Å². The largest absolute Gasteiger partial charge is 0.371 e. The van der Waals surface area contributed by atoms with Crippen molar-refractivity contribution < 1.29 is 0 Å². The molecule has 0 bridgehead atoms. The maximum absolute atomic E-state index is 3.56. The summed E-state index contributed by atoms with van der Waals surface area (Å²) in [5, 5.41) is 0. The first-order valence-electron chi connectivity index (χ1n) is 5.53.